The molecule has 2 N–H and O–H groups in total. The van der Waals surface area contributed by atoms with Gasteiger partial charge in [-0.2, -0.15) is 0 Å². The first-order chi connectivity index (χ1) is 11.5. The van der Waals surface area contributed by atoms with Crippen molar-refractivity contribution in [3.05, 3.63) is 34.7 Å². The van der Waals surface area contributed by atoms with Gasteiger partial charge in [-0.15, -0.1) is 11.3 Å². The molecule has 0 spiro atoms. The number of anilines is 1. The van der Waals surface area contributed by atoms with Crippen molar-refractivity contribution in [3.63, 3.8) is 0 Å². The van der Waals surface area contributed by atoms with Crippen molar-refractivity contribution < 1.29 is 0 Å². The maximum atomic E-state index is 6.02. The van der Waals surface area contributed by atoms with Crippen molar-refractivity contribution in [2.24, 2.45) is 5.73 Å². The molecule has 4 heteroatoms. The SMILES string of the molecule is CC1(C)CCCc2ccc(-c3csc(N4CCC(N)CC4)n3)cc21. The number of thiazole rings is 1. The average Bonchev–Trinajstić information content (AvgIpc) is 3.05. The van der Waals surface area contributed by atoms with Gasteiger partial charge in [0.2, 0.25) is 0 Å². The van der Waals surface area contributed by atoms with Crippen LogP contribution in [0.5, 0.6) is 0 Å². The number of benzene rings is 1. The van der Waals surface area contributed by atoms with E-state index in [0.29, 0.717) is 6.04 Å². The van der Waals surface area contributed by atoms with Crippen molar-refractivity contribution in [2.75, 3.05) is 18.0 Å². The highest BCUT2D eigenvalue weighted by Crippen LogP contribution is 2.39. The van der Waals surface area contributed by atoms with Gasteiger partial charge in [-0.25, -0.2) is 4.98 Å². The van der Waals surface area contributed by atoms with Gasteiger partial charge in [0.05, 0.1) is 5.69 Å². The molecule has 1 aliphatic heterocycles. The lowest BCUT2D eigenvalue weighted by atomic mass is 9.72. The predicted octanol–water partition coefficient (Wildman–Crippen LogP) is 4.35. The van der Waals surface area contributed by atoms with Crippen LogP contribution in [0.1, 0.15) is 50.7 Å². The Bertz CT molecular complexity index is 726. The summed E-state index contributed by atoms with van der Waals surface area (Å²) >= 11 is 1.76. The fourth-order valence-corrected chi connectivity index (χ4v) is 4.96. The van der Waals surface area contributed by atoms with E-state index in [4.69, 9.17) is 10.7 Å². The zero-order valence-corrected chi connectivity index (χ0v) is 15.5. The third kappa shape index (κ3) is 2.98. The van der Waals surface area contributed by atoms with Gasteiger partial charge < -0.3 is 10.6 Å². The van der Waals surface area contributed by atoms with Gasteiger partial charge in [-0.3, -0.25) is 0 Å². The minimum atomic E-state index is 0.283. The molecular weight excluding hydrogens is 314 g/mol. The number of hydrogen-bond donors (Lipinski definition) is 1. The molecule has 0 atom stereocenters. The minimum absolute atomic E-state index is 0.283. The summed E-state index contributed by atoms with van der Waals surface area (Å²) in [4.78, 5) is 7.32. The summed E-state index contributed by atoms with van der Waals surface area (Å²) in [6, 6.07) is 7.33. The Morgan fingerprint density at radius 2 is 2.04 bits per heavy atom. The van der Waals surface area contributed by atoms with Crippen LogP contribution < -0.4 is 10.6 Å². The van der Waals surface area contributed by atoms with Gasteiger partial charge in [-0.1, -0.05) is 26.0 Å². The Morgan fingerprint density at radius 3 is 2.83 bits per heavy atom. The molecule has 24 heavy (non-hydrogen) atoms. The van der Waals surface area contributed by atoms with Gasteiger partial charge in [0.25, 0.3) is 0 Å². The first-order valence-electron chi connectivity index (χ1n) is 9.13. The first kappa shape index (κ1) is 16.1. The molecule has 1 aromatic heterocycles. The molecule has 0 amide bonds. The van der Waals surface area contributed by atoms with E-state index < -0.39 is 0 Å². The third-order valence-electron chi connectivity index (χ3n) is 5.68. The second-order valence-corrected chi connectivity index (χ2v) is 8.79. The summed E-state index contributed by atoms with van der Waals surface area (Å²) in [7, 11) is 0. The summed E-state index contributed by atoms with van der Waals surface area (Å²) in [5.74, 6) is 0. The number of aryl methyl sites for hydroxylation is 1. The molecule has 0 radical (unpaired) electrons. The number of aromatic nitrogens is 1. The molecule has 2 aliphatic rings. The number of fused-ring (bicyclic) bond motifs is 1. The van der Waals surface area contributed by atoms with Crippen LogP contribution in [-0.4, -0.2) is 24.1 Å². The van der Waals surface area contributed by atoms with Crippen LogP contribution >= 0.6 is 11.3 Å². The smallest absolute Gasteiger partial charge is 0.185 e. The van der Waals surface area contributed by atoms with Crippen LogP contribution in [0, 0.1) is 0 Å². The zero-order valence-electron chi connectivity index (χ0n) is 14.7. The number of rotatable bonds is 2. The van der Waals surface area contributed by atoms with Crippen molar-refractivity contribution in [1.29, 1.82) is 0 Å². The number of hydrogen-bond acceptors (Lipinski definition) is 4. The van der Waals surface area contributed by atoms with Crippen molar-refractivity contribution in [2.45, 2.75) is 57.4 Å². The van der Waals surface area contributed by atoms with Gasteiger partial charge in [0, 0.05) is 30.1 Å². The van der Waals surface area contributed by atoms with Crippen LogP contribution in [0.3, 0.4) is 0 Å². The first-order valence-corrected chi connectivity index (χ1v) is 10.0. The predicted molar refractivity (Wildman–Crippen MR) is 103 cm³/mol. The highest BCUT2D eigenvalue weighted by molar-refractivity contribution is 7.14. The Labute approximate surface area is 148 Å². The molecule has 3 nitrogen and oxygen atoms in total. The van der Waals surface area contributed by atoms with Crippen LogP contribution in [0.25, 0.3) is 11.3 Å². The number of nitrogens with zero attached hydrogens (tertiary/aromatic N) is 2. The van der Waals surface area contributed by atoms with Gasteiger partial charge >= 0.3 is 0 Å². The largest absolute Gasteiger partial charge is 0.348 e. The molecule has 1 saturated heterocycles. The summed E-state index contributed by atoms with van der Waals surface area (Å²) in [5, 5.41) is 3.36. The number of piperidine rings is 1. The summed E-state index contributed by atoms with van der Waals surface area (Å²) in [6.07, 6.45) is 5.94. The molecule has 0 saturated carbocycles. The Balaban J connectivity index is 1.61. The van der Waals surface area contributed by atoms with E-state index in [-0.39, 0.29) is 5.41 Å². The second kappa shape index (κ2) is 6.16. The highest BCUT2D eigenvalue weighted by atomic mass is 32.1. The molecule has 128 valence electrons. The lowest BCUT2D eigenvalue weighted by molar-refractivity contribution is 0.432. The quantitative estimate of drug-likeness (QED) is 0.883. The molecule has 2 aromatic rings. The maximum Gasteiger partial charge on any atom is 0.185 e. The van der Waals surface area contributed by atoms with Crippen LogP contribution in [0.4, 0.5) is 5.13 Å². The monoisotopic (exact) mass is 341 g/mol. The molecule has 1 aliphatic carbocycles. The van der Waals surface area contributed by atoms with Crippen molar-refractivity contribution in [3.8, 4) is 11.3 Å². The van der Waals surface area contributed by atoms with Crippen LogP contribution in [-0.2, 0) is 11.8 Å². The fourth-order valence-electron chi connectivity index (χ4n) is 4.07. The molecular formula is C20H27N3S. The van der Waals surface area contributed by atoms with Gasteiger partial charge in [0.15, 0.2) is 5.13 Å². The lowest BCUT2D eigenvalue weighted by Gasteiger charge is -2.32. The summed E-state index contributed by atoms with van der Waals surface area (Å²) in [6.45, 7) is 6.81. The number of nitrogens with two attached hydrogens (primary N) is 1. The van der Waals surface area contributed by atoms with E-state index in [1.807, 2.05) is 0 Å². The van der Waals surface area contributed by atoms with Gasteiger partial charge in [0.1, 0.15) is 0 Å². The molecule has 1 aromatic carbocycles. The van der Waals surface area contributed by atoms with E-state index >= 15 is 0 Å². The highest BCUT2D eigenvalue weighted by Gasteiger charge is 2.27. The maximum absolute atomic E-state index is 6.02. The lowest BCUT2D eigenvalue weighted by Crippen LogP contribution is -2.39. The van der Waals surface area contributed by atoms with Gasteiger partial charge in [-0.05, 0) is 54.7 Å². The van der Waals surface area contributed by atoms with Crippen LogP contribution in [0.15, 0.2) is 23.6 Å². The Hall–Kier alpha value is -1.39. The third-order valence-corrected chi connectivity index (χ3v) is 6.59. The van der Waals surface area contributed by atoms with E-state index in [2.05, 4.69) is 42.3 Å². The summed E-state index contributed by atoms with van der Waals surface area (Å²) in [5.41, 5.74) is 11.7. The Morgan fingerprint density at radius 1 is 1.25 bits per heavy atom. The van der Waals surface area contributed by atoms with E-state index in [1.165, 1.54) is 36.0 Å². The average molecular weight is 342 g/mol. The normalized spacial score (nSPS) is 20.9. The molecule has 1 fully saturated rings. The molecule has 2 heterocycles. The topological polar surface area (TPSA) is 42.1 Å². The molecule has 0 unspecified atom stereocenters. The van der Waals surface area contributed by atoms with Crippen molar-refractivity contribution in [1.82, 2.24) is 4.98 Å². The zero-order chi connectivity index (χ0) is 16.7. The Kier molecular flexibility index (Phi) is 4.13. The van der Waals surface area contributed by atoms with E-state index in [0.717, 1.165) is 36.8 Å². The van der Waals surface area contributed by atoms with Crippen LogP contribution in [0.2, 0.25) is 0 Å². The fraction of sp³-hybridized carbons (Fsp3) is 0.550. The standard InChI is InChI=1S/C20H27N3S/c1-20(2)9-3-4-14-5-6-15(12-17(14)20)18-13-24-19(22-18)23-10-7-16(21)8-11-23/h5-6,12-13,16H,3-4,7-11,21H2,1-2H3. The summed E-state index contributed by atoms with van der Waals surface area (Å²) < 4.78 is 0. The molecule has 0 bridgehead atoms. The second-order valence-electron chi connectivity index (χ2n) is 7.95. The van der Waals surface area contributed by atoms with E-state index in [9.17, 15) is 0 Å². The van der Waals surface area contributed by atoms with Crippen molar-refractivity contribution >= 4 is 16.5 Å². The molecule has 4 rings (SSSR count). The minimum Gasteiger partial charge on any atom is -0.348 e. The van der Waals surface area contributed by atoms with E-state index in [1.54, 1.807) is 11.3 Å².